The van der Waals surface area contributed by atoms with Crippen molar-refractivity contribution in [1.29, 1.82) is 0 Å². The molecule has 0 aliphatic carbocycles. The average molecular weight is 445 g/mol. The van der Waals surface area contributed by atoms with Crippen LogP contribution in [0.15, 0.2) is 54.6 Å². The molecule has 1 heterocycles. The molecule has 3 rings (SSSR count). The molecule has 0 atom stereocenters. The van der Waals surface area contributed by atoms with E-state index in [1.807, 2.05) is 37.3 Å². The van der Waals surface area contributed by atoms with Gasteiger partial charge in [0.25, 0.3) is 0 Å². The Morgan fingerprint density at radius 2 is 1.74 bits per heavy atom. The maximum absolute atomic E-state index is 12.7. The molecule has 7 nitrogen and oxygen atoms in total. The van der Waals surface area contributed by atoms with Gasteiger partial charge in [0.05, 0.1) is 19.5 Å². The molecular weight excluding hydrogens is 416 g/mol. The third-order valence-corrected chi connectivity index (χ3v) is 6.89. The minimum Gasteiger partial charge on any atom is -0.493 e. The largest absolute Gasteiger partial charge is 0.493 e. The number of rotatable bonds is 8. The Hall–Kier alpha value is -2.84. The summed E-state index contributed by atoms with van der Waals surface area (Å²) in [4.78, 5) is 14.2. The molecular formula is C23H28N2O5S. The van der Waals surface area contributed by atoms with Crippen molar-refractivity contribution in [2.45, 2.75) is 12.7 Å². The van der Waals surface area contributed by atoms with Crippen molar-refractivity contribution < 1.29 is 22.7 Å². The van der Waals surface area contributed by atoms with Crippen LogP contribution in [0.1, 0.15) is 18.1 Å². The molecule has 8 heteroatoms. The third-order valence-electron chi connectivity index (χ3n) is 5.04. The molecule has 31 heavy (non-hydrogen) atoms. The second kappa shape index (κ2) is 10.5. The number of nitrogens with zero attached hydrogens (tertiary/aromatic N) is 2. The molecule has 1 amide bonds. The van der Waals surface area contributed by atoms with E-state index in [4.69, 9.17) is 9.47 Å². The maximum atomic E-state index is 12.7. The summed E-state index contributed by atoms with van der Waals surface area (Å²) >= 11 is 0. The number of sulfonamides is 1. The molecule has 1 aliphatic heterocycles. The first-order valence-electron chi connectivity index (χ1n) is 10.2. The highest BCUT2D eigenvalue weighted by Crippen LogP contribution is 2.28. The number of ether oxygens (including phenoxy) is 2. The van der Waals surface area contributed by atoms with Crippen LogP contribution in [-0.2, 0) is 20.6 Å². The van der Waals surface area contributed by atoms with Crippen molar-refractivity contribution in [3.05, 3.63) is 65.7 Å². The van der Waals surface area contributed by atoms with Gasteiger partial charge in [-0.15, -0.1) is 0 Å². The van der Waals surface area contributed by atoms with Crippen molar-refractivity contribution in [3.8, 4) is 11.5 Å². The molecule has 1 saturated heterocycles. The van der Waals surface area contributed by atoms with Gasteiger partial charge in [0.15, 0.2) is 11.5 Å². The molecule has 2 aromatic rings. The van der Waals surface area contributed by atoms with Gasteiger partial charge in [-0.1, -0.05) is 36.4 Å². The van der Waals surface area contributed by atoms with Crippen LogP contribution in [0, 0.1) is 0 Å². The van der Waals surface area contributed by atoms with E-state index in [0.29, 0.717) is 44.3 Å². The fourth-order valence-corrected chi connectivity index (χ4v) is 4.92. The summed E-state index contributed by atoms with van der Waals surface area (Å²) in [6, 6.07) is 14.6. The van der Waals surface area contributed by atoms with Crippen LogP contribution in [0.25, 0.3) is 6.08 Å². The van der Waals surface area contributed by atoms with Gasteiger partial charge in [-0.3, -0.25) is 4.79 Å². The van der Waals surface area contributed by atoms with Crippen LogP contribution in [0.4, 0.5) is 0 Å². The van der Waals surface area contributed by atoms with Crippen molar-refractivity contribution in [1.82, 2.24) is 9.21 Å². The average Bonchev–Trinajstić information content (AvgIpc) is 2.78. The molecule has 0 bridgehead atoms. The zero-order valence-electron chi connectivity index (χ0n) is 17.9. The smallest absolute Gasteiger partial charge is 0.246 e. The molecule has 0 radical (unpaired) electrons. The van der Waals surface area contributed by atoms with Gasteiger partial charge in [-0.2, -0.15) is 4.31 Å². The molecule has 0 spiro atoms. The number of piperazine rings is 1. The molecule has 0 aromatic heterocycles. The fraction of sp³-hybridized carbons (Fsp3) is 0.348. The fourth-order valence-electron chi connectivity index (χ4n) is 3.40. The Balaban J connectivity index is 1.57. The summed E-state index contributed by atoms with van der Waals surface area (Å²) in [5.74, 6) is 1.09. The van der Waals surface area contributed by atoms with Crippen molar-refractivity contribution >= 4 is 22.0 Å². The van der Waals surface area contributed by atoms with Crippen molar-refractivity contribution in [2.75, 3.05) is 39.9 Å². The van der Waals surface area contributed by atoms with E-state index < -0.39 is 10.0 Å². The number of hydrogen-bond acceptors (Lipinski definition) is 5. The van der Waals surface area contributed by atoms with Gasteiger partial charge in [-0.25, -0.2) is 8.42 Å². The molecule has 0 unspecified atom stereocenters. The normalized spacial score (nSPS) is 15.2. The van der Waals surface area contributed by atoms with Crippen LogP contribution in [0.5, 0.6) is 11.5 Å². The lowest BCUT2D eigenvalue weighted by molar-refractivity contribution is -0.127. The van der Waals surface area contributed by atoms with E-state index in [9.17, 15) is 13.2 Å². The van der Waals surface area contributed by atoms with Crippen molar-refractivity contribution in [2.24, 2.45) is 0 Å². The second-order valence-corrected chi connectivity index (χ2v) is 9.11. The first-order chi connectivity index (χ1) is 14.9. The lowest BCUT2D eigenvalue weighted by Gasteiger charge is -2.33. The van der Waals surface area contributed by atoms with Gasteiger partial charge in [0.2, 0.25) is 15.9 Å². The molecule has 0 saturated carbocycles. The molecule has 1 aliphatic rings. The van der Waals surface area contributed by atoms with E-state index in [0.717, 1.165) is 11.1 Å². The summed E-state index contributed by atoms with van der Waals surface area (Å²) < 4.78 is 37.6. The first-order valence-corrected chi connectivity index (χ1v) is 11.8. The summed E-state index contributed by atoms with van der Waals surface area (Å²) in [6.07, 6.45) is 3.23. The van der Waals surface area contributed by atoms with Gasteiger partial charge in [0, 0.05) is 32.3 Å². The number of hydrogen-bond donors (Lipinski definition) is 0. The van der Waals surface area contributed by atoms with Crippen LogP contribution in [0.2, 0.25) is 0 Å². The Labute approximate surface area is 183 Å². The van der Waals surface area contributed by atoms with Gasteiger partial charge < -0.3 is 14.4 Å². The maximum Gasteiger partial charge on any atom is 0.246 e. The Morgan fingerprint density at radius 3 is 2.39 bits per heavy atom. The quantitative estimate of drug-likeness (QED) is 0.585. The second-order valence-electron chi connectivity index (χ2n) is 7.14. The molecule has 0 N–H and O–H groups in total. The highest BCUT2D eigenvalue weighted by Gasteiger charge is 2.28. The lowest BCUT2D eigenvalue weighted by atomic mass is 10.2. The Bertz CT molecular complexity index is 1010. The summed E-state index contributed by atoms with van der Waals surface area (Å²) in [6.45, 7) is 3.73. The number of amides is 1. The predicted octanol–water partition coefficient (Wildman–Crippen LogP) is 2.78. The van der Waals surface area contributed by atoms with Crippen LogP contribution < -0.4 is 9.47 Å². The standard InChI is InChI=1S/C23H28N2O5S/c1-3-30-22-17-19(9-11-21(22)29-2)10-12-23(26)24-13-15-25(16-14-24)31(27,28)18-20-7-5-4-6-8-20/h4-12,17H,3,13-16,18H2,1-2H3/b12-10+. The van der Waals surface area contributed by atoms with Gasteiger partial charge in [0.1, 0.15) is 0 Å². The van der Waals surface area contributed by atoms with E-state index >= 15 is 0 Å². The Kier molecular flexibility index (Phi) is 7.70. The zero-order valence-corrected chi connectivity index (χ0v) is 18.7. The lowest BCUT2D eigenvalue weighted by Crippen LogP contribution is -2.50. The van der Waals surface area contributed by atoms with Crippen LogP contribution in [-0.4, -0.2) is 63.4 Å². The van der Waals surface area contributed by atoms with Gasteiger partial charge in [-0.05, 0) is 36.3 Å². The van der Waals surface area contributed by atoms with Crippen molar-refractivity contribution in [3.63, 3.8) is 0 Å². The van der Waals surface area contributed by atoms with Gasteiger partial charge >= 0.3 is 0 Å². The number of methoxy groups -OCH3 is 1. The summed E-state index contributed by atoms with van der Waals surface area (Å²) in [5, 5.41) is 0. The van der Waals surface area contributed by atoms with Crippen LogP contribution >= 0.6 is 0 Å². The highest BCUT2D eigenvalue weighted by atomic mass is 32.2. The number of benzene rings is 2. The minimum absolute atomic E-state index is 0.0265. The van der Waals surface area contributed by atoms with Crippen LogP contribution in [0.3, 0.4) is 0 Å². The predicted molar refractivity (Wildman–Crippen MR) is 120 cm³/mol. The molecule has 2 aromatic carbocycles. The topological polar surface area (TPSA) is 76.2 Å². The number of carbonyl (C=O) groups excluding carboxylic acids is 1. The summed E-state index contributed by atoms with van der Waals surface area (Å²) in [7, 11) is -1.83. The SMILES string of the molecule is CCOc1cc(/C=C/C(=O)N2CCN(S(=O)(=O)Cc3ccccc3)CC2)ccc1OC. The minimum atomic E-state index is -3.41. The highest BCUT2D eigenvalue weighted by molar-refractivity contribution is 7.88. The van der Waals surface area contributed by atoms with E-state index in [1.165, 1.54) is 10.4 Å². The Morgan fingerprint density at radius 1 is 1.03 bits per heavy atom. The first kappa shape index (κ1) is 22.8. The number of carbonyl (C=O) groups is 1. The summed E-state index contributed by atoms with van der Waals surface area (Å²) in [5.41, 5.74) is 1.58. The van der Waals surface area contributed by atoms with E-state index in [-0.39, 0.29) is 11.7 Å². The molecule has 166 valence electrons. The van der Waals surface area contributed by atoms with E-state index in [1.54, 1.807) is 36.3 Å². The van der Waals surface area contributed by atoms with E-state index in [2.05, 4.69) is 0 Å². The zero-order chi connectivity index (χ0) is 22.3. The monoisotopic (exact) mass is 444 g/mol. The molecule has 1 fully saturated rings. The third kappa shape index (κ3) is 6.08.